The monoisotopic (exact) mass is 374 g/mol. The van der Waals surface area contributed by atoms with Gasteiger partial charge in [0.15, 0.2) is 0 Å². The van der Waals surface area contributed by atoms with E-state index in [2.05, 4.69) is 5.32 Å². The zero-order valence-corrected chi connectivity index (χ0v) is 15.3. The zero-order valence-electron chi connectivity index (χ0n) is 14.5. The van der Waals surface area contributed by atoms with Crippen LogP contribution in [-0.2, 0) is 14.8 Å². The summed E-state index contributed by atoms with van der Waals surface area (Å²) in [5.41, 5.74) is 3.48. The Labute approximate surface area is 151 Å². The summed E-state index contributed by atoms with van der Waals surface area (Å²) < 4.78 is 24.7. The summed E-state index contributed by atoms with van der Waals surface area (Å²) in [7, 11) is -2.34. The van der Waals surface area contributed by atoms with Crippen molar-refractivity contribution in [1.29, 1.82) is 0 Å². The highest BCUT2D eigenvalue weighted by atomic mass is 32.2. The predicted molar refractivity (Wildman–Crippen MR) is 95.9 cm³/mol. The van der Waals surface area contributed by atoms with Gasteiger partial charge in [-0.2, -0.15) is 0 Å². The minimum Gasteiger partial charge on any atom is -0.318 e. The third kappa shape index (κ3) is 3.02. The highest BCUT2D eigenvalue weighted by Gasteiger charge is 2.30. The molecule has 3 N–H and O–H groups in total. The molecule has 1 aliphatic rings. The Bertz CT molecular complexity index is 1050. The zero-order chi connectivity index (χ0) is 19.2. The van der Waals surface area contributed by atoms with Crippen LogP contribution in [-0.4, -0.2) is 36.9 Å². The van der Waals surface area contributed by atoms with Gasteiger partial charge in [0.2, 0.25) is 10.0 Å². The van der Waals surface area contributed by atoms with Gasteiger partial charge in [-0.15, -0.1) is 0 Å². The van der Waals surface area contributed by atoms with Crippen molar-refractivity contribution >= 4 is 28.0 Å². The van der Waals surface area contributed by atoms with Gasteiger partial charge in [-0.25, -0.2) is 18.4 Å². The molecular weight excluding hydrogens is 356 g/mol. The van der Waals surface area contributed by atoms with Gasteiger partial charge in [0, 0.05) is 24.1 Å². The van der Waals surface area contributed by atoms with E-state index in [4.69, 9.17) is 5.14 Å². The van der Waals surface area contributed by atoms with Gasteiger partial charge in [-0.05, 0) is 55.8 Å². The lowest BCUT2D eigenvalue weighted by Gasteiger charge is -2.10. The van der Waals surface area contributed by atoms with E-state index < -0.39 is 22.0 Å². The second-order valence-electron chi connectivity index (χ2n) is 6.05. The number of amides is 3. The average molecular weight is 374 g/mol. The van der Waals surface area contributed by atoms with Crippen molar-refractivity contribution in [1.82, 2.24) is 14.8 Å². The fraction of sp³-hybridized carbons (Fsp3) is 0.176. The summed E-state index contributed by atoms with van der Waals surface area (Å²) in [4.78, 5) is 24.6. The molecule has 0 unspecified atom stereocenters. The van der Waals surface area contributed by atoms with Crippen LogP contribution < -0.4 is 10.5 Å². The maximum atomic E-state index is 12.0. The first-order chi connectivity index (χ1) is 12.1. The van der Waals surface area contributed by atoms with Crippen molar-refractivity contribution in [3.63, 3.8) is 0 Å². The maximum Gasteiger partial charge on any atom is 0.328 e. The number of imide groups is 1. The molecule has 0 saturated carbocycles. The number of nitrogens with two attached hydrogens (primary N) is 1. The van der Waals surface area contributed by atoms with E-state index in [1.807, 2.05) is 24.5 Å². The van der Waals surface area contributed by atoms with Crippen molar-refractivity contribution in [2.75, 3.05) is 7.05 Å². The molecule has 26 heavy (non-hydrogen) atoms. The lowest BCUT2D eigenvalue weighted by Crippen LogP contribution is -2.25. The number of sulfonamides is 1. The molecule has 0 aliphatic carbocycles. The number of carbonyl (C=O) groups is 2. The van der Waals surface area contributed by atoms with Gasteiger partial charge in [-0.3, -0.25) is 9.69 Å². The third-order valence-corrected chi connectivity index (χ3v) is 5.20. The smallest absolute Gasteiger partial charge is 0.318 e. The van der Waals surface area contributed by atoms with Crippen molar-refractivity contribution in [3.05, 3.63) is 53.0 Å². The average Bonchev–Trinajstić information content (AvgIpc) is 2.98. The highest BCUT2D eigenvalue weighted by molar-refractivity contribution is 7.89. The molecule has 1 fully saturated rings. The summed E-state index contributed by atoms with van der Waals surface area (Å²) in [6.45, 7) is 3.77. The molecule has 1 aromatic heterocycles. The Morgan fingerprint density at radius 3 is 2.23 bits per heavy atom. The maximum absolute atomic E-state index is 12.0. The molecule has 1 aliphatic heterocycles. The molecule has 136 valence electrons. The van der Waals surface area contributed by atoms with E-state index in [9.17, 15) is 18.0 Å². The first-order valence-electron chi connectivity index (χ1n) is 7.72. The molecule has 3 rings (SSSR count). The summed E-state index contributed by atoms with van der Waals surface area (Å²) in [5, 5.41) is 7.65. The number of aromatic nitrogens is 1. The van der Waals surface area contributed by atoms with Gasteiger partial charge in [0.25, 0.3) is 5.91 Å². The fourth-order valence-corrected chi connectivity index (χ4v) is 3.41. The number of likely N-dealkylation sites (N-methyl/N-ethyl adjacent to an activating group) is 1. The predicted octanol–water partition coefficient (Wildman–Crippen LogP) is 1.26. The molecule has 0 radical (unpaired) electrons. The summed E-state index contributed by atoms with van der Waals surface area (Å²) in [5.74, 6) is -0.391. The van der Waals surface area contributed by atoms with Crippen molar-refractivity contribution < 1.29 is 18.0 Å². The molecular formula is C17H18N4O4S. The van der Waals surface area contributed by atoms with Gasteiger partial charge in [0.05, 0.1) is 4.90 Å². The molecule has 2 heterocycles. The minimum atomic E-state index is -3.75. The Morgan fingerprint density at radius 2 is 1.73 bits per heavy atom. The van der Waals surface area contributed by atoms with E-state index in [1.165, 1.54) is 19.2 Å². The molecule has 3 amide bonds. The van der Waals surface area contributed by atoms with Crippen LogP contribution in [0.1, 0.15) is 17.0 Å². The third-order valence-electron chi connectivity index (χ3n) is 4.27. The number of aryl methyl sites for hydroxylation is 1. The molecule has 1 saturated heterocycles. The first kappa shape index (κ1) is 17.9. The minimum absolute atomic E-state index is 0.0355. The summed E-state index contributed by atoms with van der Waals surface area (Å²) >= 11 is 0. The molecule has 1 aromatic carbocycles. The van der Waals surface area contributed by atoms with Gasteiger partial charge >= 0.3 is 6.03 Å². The van der Waals surface area contributed by atoms with Crippen LogP contribution in [0.2, 0.25) is 0 Å². The number of benzene rings is 1. The normalized spacial score (nSPS) is 16.5. The van der Waals surface area contributed by atoms with Crippen LogP contribution in [0.3, 0.4) is 0 Å². The lowest BCUT2D eigenvalue weighted by molar-refractivity contribution is -0.121. The van der Waals surface area contributed by atoms with Gasteiger partial charge in [0.1, 0.15) is 5.70 Å². The summed E-state index contributed by atoms with van der Waals surface area (Å²) in [6, 6.07) is 7.62. The highest BCUT2D eigenvalue weighted by Crippen LogP contribution is 2.24. The van der Waals surface area contributed by atoms with Gasteiger partial charge < -0.3 is 9.88 Å². The molecule has 9 heteroatoms. The molecule has 2 aromatic rings. The topological polar surface area (TPSA) is 114 Å². The van der Waals surface area contributed by atoms with Crippen LogP contribution in [0.25, 0.3) is 11.8 Å². The van der Waals surface area contributed by atoms with Crippen LogP contribution in [0.4, 0.5) is 4.79 Å². The van der Waals surface area contributed by atoms with Crippen LogP contribution in [0, 0.1) is 13.8 Å². The molecule has 8 nitrogen and oxygen atoms in total. The number of nitrogens with zero attached hydrogens (tertiary/aromatic N) is 2. The van der Waals surface area contributed by atoms with Crippen molar-refractivity contribution in [3.8, 4) is 5.69 Å². The second kappa shape index (κ2) is 6.11. The number of carbonyl (C=O) groups excluding carboxylic acids is 2. The largest absolute Gasteiger partial charge is 0.328 e. The van der Waals surface area contributed by atoms with E-state index in [-0.39, 0.29) is 10.6 Å². The quantitative estimate of drug-likeness (QED) is 0.622. The van der Waals surface area contributed by atoms with E-state index in [1.54, 1.807) is 18.2 Å². The number of urea groups is 1. The van der Waals surface area contributed by atoms with Crippen molar-refractivity contribution in [2.24, 2.45) is 5.14 Å². The summed E-state index contributed by atoms with van der Waals surface area (Å²) in [6.07, 6.45) is 1.63. The van der Waals surface area contributed by atoms with E-state index in [0.717, 1.165) is 27.5 Å². The first-order valence-corrected chi connectivity index (χ1v) is 9.27. The van der Waals surface area contributed by atoms with E-state index in [0.29, 0.717) is 0 Å². The number of primary sulfonamides is 1. The SMILES string of the molecule is Cc1cc(/C=C2/NC(=O)N(C)C2=O)c(C)n1-c1ccc(S(N)(=O)=O)cc1. The standard InChI is InChI=1S/C17H18N4O4S/c1-10-8-12(9-15-16(22)20(3)17(23)19-15)11(2)21(10)13-4-6-14(7-5-13)26(18,24)25/h4-9H,1-3H3,(H,19,23)(H2,18,24,25)/b15-9+. The van der Waals surface area contributed by atoms with Crippen LogP contribution in [0.15, 0.2) is 40.9 Å². The van der Waals surface area contributed by atoms with Gasteiger partial charge in [-0.1, -0.05) is 0 Å². The number of hydrogen-bond donors (Lipinski definition) is 2. The van der Waals surface area contributed by atoms with Crippen molar-refractivity contribution in [2.45, 2.75) is 18.7 Å². The molecule has 0 spiro atoms. The number of hydrogen-bond acceptors (Lipinski definition) is 4. The van der Waals surface area contributed by atoms with Crippen LogP contribution in [0.5, 0.6) is 0 Å². The Morgan fingerprint density at radius 1 is 1.12 bits per heavy atom. The lowest BCUT2D eigenvalue weighted by atomic mass is 10.2. The number of rotatable bonds is 3. The molecule has 0 atom stereocenters. The Balaban J connectivity index is 2.02. The van der Waals surface area contributed by atoms with Crippen LogP contribution >= 0.6 is 0 Å². The Kier molecular flexibility index (Phi) is 4.21. The Hall–Kier alpha value is -2.91. The molecule has 0 bridgehead atoms. The fourth-order valence-electron chi connectivity index (χ4n) is 2.89. The van der Waals surface area contributed by atoms with E-state index >= 15 is 0 Å². The number of nitrogens with one attached hydrogen (secondary N) is 1. The second-order valence-corrected chi connectivity index (χ2v) is 7.61.